The van der Waals surface area contributed by atoms with Crippen LogP contribution in [0, 0.1) is 10.8 Å². The van der Waals surface area contributed by atoms with Gasteiger partial charge in [0.25, 0.3) is 0 Å². The van der Waals surface area contributed by atoms with Crippen molar-refractivity contribution in [2.24, 2.45) is 10.8 Å². The number of hydrogen-bond acceptors (Lipinski definition) is 10. The molecule has 0 rings (SSSR count). The van der Waals surface area contributed by atoms with Gasteiger partial charge >= 0.3 is 23.9 Å². The second-order valence-electron chi connectivity index (χ2n) is 8.77. The maximum absolute atomic E-state index is 12.9. The second-order valence-corrected chi connectivity index (χ2v) is 9.88. The fourth-order valence-electron chi connectivity index (χ4n) is 2.82. The van der Waals surface area contributed by atoms with E-state index in [2.05, 4.69) is 13.2 Å². The standard InChI is InChI=1S/C24H38O9S/c1-17(2)19(25)30-11-12-32-21(27)23(5,6)15-24(7,22(28)33-10-9-29-8)16-34-14-13-31-20(26)18(3)4/h1,3,9-16H2,2,4-8H3. The van der Waals surface area contributed by atoms with Crippen molar-refractivity contribution in [2.45, 2.75) is 41.0 Å². The topological polar surface area (TPSA) is 114 Å². The Morgan fingerprint density at radius 3 is 1.74 bits per heavy atom. The monoisotopic (exact) mass is 502 g/mol. The molecule has 0 saturated carbocycles. The van der Waals surface area contributed by atoms with Gasteiger partial charge in [-0.2, -0.15) is 11.8 Å². The van der Waals surface area contributed by atoms with E-state index in [0.29, 0.717) is 17.1 Å². The molecule has 9 nitrogen and oxygen atoms in total. The van der Waals surface area contributed by atoms with E-state index in [-0.39, 0.29) is 45.0 Å². The van der Waals surface area contributed by atoms with Crippen LogP contribution in [0.25, 0.3) is 0 Å². The summed E-state index contributed by atoms with van der Waals surface area (Å²) in [5, 5.41) is 0. The third kappa shape index (κ3) is 12.2. The van der Waals surface area contributed by atoms with E-state index in [0.717, 1.165) is 0 Å². The van der Waals surface area contributed by atoms with Crippen LogP contribution in [0.3, 0.4) is 0 Å². The number of ether oxygens (including phenoxy) is 5. The minimum absolute atomic E-state index is 0.0881. The Labute approximate surface area is 206 Å². The summed E-state index contributed by atoms with van der Waals surface area (Å²) < 4.78 is 25.5. The molecule has 0 bridgehead atoms. The summed E-state index contributed by atoms with van der Waals surface area (Å²) in [6.45, 7) is 15.5. The predicted octanol–water partition coefficient (Wildman–Crippen LogP) is 3.11. The van der Waals surface area contributed by atoms with Crippen molar-refractivity contribution >= 4 is 35.6 Å². The van der Waals surface area contributed by atoms with Crippen LogP contribution >= 0.6 is 11.8 Å². The number of carbonyl (C=O) groups is 4. The lowest BCUT2D eigenvalue weighted by atomic mass is 9.75. The van der Waals surface area contributed by atoms with Gasteiger partial charge in [0.05, 0.1) is 17.4 Å². The lowest BCUT2D eigenvalue weighted by Gasteiger charge is -2.34. The Balaban J connectivity index is 5.03. The maximum atomic E-state index is 12.9. The zero-order chi connectivity index (χ0) is 26.4. The summed E-state index contributed by atoms with van der Waals surface area (Å²) in [5.41, 5.74) is -1.49. The van der Waals surface area contributed by atoms with Crippen LogP contribution in [0.4, 0.5) is 0 Å². The minimum Gasteiger partial charge on any atom is -0.463 e. The van der Waals surface area contributed by atoms with Crippen LogP contribution in [0.15, 0.2) is 24.3 Å². The van der Waals surface area contributed by atoms with Gasteiger partial charge in [0.2, 0.25) is 0 Å². The number of rotatable bonds is 17. The first-order valence-corrected chi connectivity index (χ1v) is 12.0. The normalized spacial score (nSPS) is 12.8. The summed E-state index contributed by atoms with van der Waals surface area (Å²) in [5.74, 6) is -1.25. The molecule has 0 heterocycles. The fourth-order valence-corrected chi connectivity index (χ4v) is 3.84. The van der Waals surface area contributed by atoms with Crippen LogP contribution < -0.4 is 0 Å². The van der Waals surface area contributed by atoms with Crippen LogP contribution in [-0.4, -0.2) is 75.5 Å². The predicted molar refractivity (Wildman–Crippen MR) is 129 cm³/mol. The molecule has 0 aliphatic heterocycles. The largest absolute Gasteiger partial charge is 0.463 e. The third-order valence-corrected chi connectivity index (χ3v) is 5.82. The van der Waals surface area contributed by atoms with Gasteiger partial charge in [-0.25, -0.2) is 9.59 Å². The summed E-state index contributed by atoms with van der Waals surface area (Å²) in [6, 6.07) is 0. The van der Waals surface area contributed by atoms with Gasteiger partial charge in [-0.1, -0.05) is 13.2 Å². The Morgan fingerprint density at radius 2 is 1.21 bits per heavy atom. The molecule has 0 spiro atoms. The highest BCUT2D eigenvalue weighted by atomic mass is 32.2. The van der Waals surface area contributed by atoms with Gasteiger partial charge in [-0.05, 0) is 41.0 Å². The average Bonchev–Trinajstić information content (AvgIpc) is 2.75. The SMILES string of the molecule is C=C(C)C(=O)OCCOC(=O)C(C)(C)CC(C)(CSCCOC(=O)C(=C)C)C(=O)OCCOC. The molecule has 0 aliphatic carbocycles. The molecule has 0 fully saturated rings. The van der Waals surface area contributed by atoms with Gasteiger partial charge in [0, 0.05) is 29.8 Å². The van der Waals surface area contributed by atoms with Crippen LogP contribution in [0.2, 0.25) is 0 Å². The zero-order valence-electron chi connectivity index (χ0n) is 21.2. The van der Waals surface area contributed by atoms with Crippen molar-refractivity contribution < 1.29 is 42.9 Å². The molecule has 34 heavy (non-hydrogen) atoms. The summed E-state index contributed by atoms with van der Waals surface area (Å²) >= 11 is 1.40. The molecule has 0 amide bonds. The molecule has 0 saturated heterocycles. The molecule has 10 heteroatoms. The molecule has 0 N–H and O–H groups in total. The zero-order valence-corrected chi connectivity index (χ0v) is 22.0. The fraction of sp³-hybridized carbons (Fsp3) is 0.667. The van der Waals surface area contributed by atoms with E-state index in [1.54, 1.807) is 27.7 Å². The first-order valence-electron chi connectivity index (χ1n) is 10.8. The molecule has 194 valence electrons. The average molecular weight is 503 g/mol. The van der Waals surface area contributed by atoms with E-state index in [9.17, 15) is 19.2 Å². The van der Waals surface area contributed by atoms with Crippen molar-refractivity contribution in [1.29, 1.82) is 0 Å². The van der Waals surface area contributed by atoms with E-state index in [1.807, 2.05) is 0 Å². The van der Waals surface area contributed by atoms with E-state index < -0.39 is 34.7 Å². The molecule has 1 unspecified atom stereocenters. The Hall–Kier alpha value is -2.33. The van der Waals surface area contributed by atoms with Gasteiger partial charge in [0.15, 0.2) is 0 Å². The number of esters is 4. The summed E-state index contributed by atoms with van der Waals surface area (Å²) in [6.07, 6.45) is 0.148. The smallest absolute Gasteiger partial charge is 0.333 e. The molecule has 0 radical (unpaired) electrons. The van der Waals surface area contributed by atoms with Gasteiger partial charge in [0.1, 0.15) is 26.4 Å². The van der Waals surface area contributed by atoms with Gasteiger partial charge in [-0.3, -0.25) is 9.59 Å². The van der Waals surface area contributed by atoms with Crippen LogP contribution in [-0.2, 0) is 42.9 Å². The van der Waals surface area contributed by atoms with Gasteiger partial charge < -0.3 is 23.7 Å². The maximum Gasteiger partial charge on any atom is 0.333 e. The number of carbonyl (C=O) groups excluding carboxylic acids is 4. The highest BCUT2D eigenvalue weighted by molar-refractivity contribution is 7.99. The molecular formula is C24H38O9S. The molecule has 0 aromatic rings. The number of hydrogen-bond donors (Lipinski definition) is 0. The van der Waals surface area contributed by atoms with E-state index in [4.69, 9.17) is 23.7 Å². The Morgan fingerprint density at radius 1 is 0.735 bits per heavy atom. The Bertz CT molecular complexity index is 745. The number of methoxy groups -OCH3 is 1. The quantitative estimate of drug-likeness (QED) is 0.127. The molecular weight excluding hydrogens is 464 g/mol. The minimum atomic E-state index is -1.03. The van der Waals surface area contributed by atoms with Crippen LogP contribution in [0.1, 0.15) is 41.0 Å². The third-order valence-electron chi connectivity index (χ3n) is 4.53. The first-order chi connectivity index (χ1) is 15.8. The van der Waals surface area contributed by atoms with Gasteiger partial charge in [-0.15, -0.1) is 0 Å². The molecule has 1 atom stereocenters. The Kier molecular flexibility index (Phi) is 14.5. The lowest BCUT2D eigenvalue weighted by molar-refractivity contribution is -0.164. The summed E-state index contributed by atoms with van der Waals surface area (Å²) in [7, 11) is 1.50. The van der Waals surface area contributed by atoms with E-state index in [1.165, 1.54) is 25.8 Å². The molecule has 0 aliphatic rings. The van der Waals surface area contributed by atoms with Crippen molar-refractivity contribution in [3.05, 3.63) is 24.3 Å². The highest BCUT2D eigenvalue weighted by Crippen LogP contribution is 2.38. The molecule has 0 aromatic carbocycles. The van der Waals surface area contributed by atoms with Crippen molar-refractivity contribution in [1.82, 2.24) is 0 Å². The lowest BCUT2D eigenvalue weighted by Crippen LogP contribution is -2.41. The number of thioether (sulfide) groups is 1. The highest BCUT2D eigenvalue weighted by Gasteiger charge is 2.44. The van der Waals surface area contributed by atoms with Crippen molar-refractivity contribution in [3.63, 3.8) is 0 Å². The second kappa shape index (κ2) is 15.5. The van der Waals surface area contributed by atoms with Crippen molar-refractivity contribution in [2.75, 3.05) is 51.6 Å². The first kappa shape index (κ1) is 31.7. The van der Waals surface area contributed by atoms with Crippen molar-refractivity contribution in [3.8, 4) is 0 Å². The van der Waals surface area contributed by atoms with Crippen LogP contribution in [0.5, 0.6) is 0 Å². The van der Waals surface area contributed by atoms with E-state index >= 15 is 0 Å². The summed E-state index contributed by atoms with van der Waals surface area (Å²) in [4.78, 5) is 48.5. The molecule has 0 aromatic heterocycles.